The van der Waals surface area contributed by atoms with Crippen LogP contribution in [0.4, 0.5) is 0 Å². The van der Waals surface area contributed by atoms with E-state index in [4.69, 9.17) is 17.3 Å². The van der Waals surface area contributed by atoms with Crippen LogP contribution in [0.2, 0.25) is 0 Å². The van der Waals surface area contributed by atoms with Crippen LogP contribution in [0.1, 0.15) is 54.6 Å². The Morgan fingerprint density at radius 2 is 1.78 bits per heavy atom. The van der Waals surface area contributed by atoms with Crippen molar-refractivity contribution in [2.45, 2.75) is 57.8 Å². The highest BCUT2D eigenvalue weighted by atomic mass is 32.1. The zero-order valence-electron chi connectivity index (χ0n) is 16.2. The molecule has 0 bridgehead atoms. The Labute approximate surface area is 166 Å². The second-order valence-corrected chi connectivity index (χ2v) is 8.91. The fourth-order valence-electron chi connectivity index (χ4n) is 4.17. The molecule has 3 fully saturated rings. The number of benzene rings is 1. The van der Waals surface area contributed by atoms with Gasteiger partial charge in [-0.3, -0.25) is 9.80 Å². The Hall–Kier alpha value is -1.50. The second-order valence-electron chi connectivity index (χ2n) is 8.54. The van der Waals surface area contributed by atoms with Gasteiger partial charge in [-0.25, -0.2) is 4.68 Å². The SMILES string of the molecule is Cc1cccc(CN2CCN(Cn3nc(C4CC4)n(C4CC4)c3=S)CC2)c1. The molecule has 0 atom stereocenters. The quantitative estimate of drug-likeness (QED) is 0.711. The number of aryl methyl sites for hydroxylation is 1. The van der Waals surface area contributed by atoms with E-state index in [9.17, 15) is 0 Å². The van der Waals surface area contributed by atoms with Gasteiger partial charge in [0, 0.05) is 44.7 Å². The summed E-state index contributed by atoms with van der Waals surface area (Å²) >= 11 is 5.79. The summed E-state index contributed by atoms with van der Waals surface area (Å²) in [6, 6.07) is 9.50. The van der Waals surface area contributed by atoms with E-state index in [1.165, 1.54) is 42.6 Å². The highest BCUT2D eigenvalue weighted by Gasteiger charge is 2.36. The minimum Gasteiger partial charge on any atom is -0.301 e. The average molecular weight is 384 g/mol. The number of nitrogens with zero attached hydrogens (tertiary/aromatic N) is 5. The van der Waals surface area contributed by atoms with Crippen LogP contribution in [0, 0.1) is 11.7 Å². The van der Waals surface area contributed by atoms with Crippen LogP contribution in [-0.4, -0.2) is 50.3 Å². The lowest BCUT2D eigenvalue weighted by atomic mass is 10.1. The van der Waals surface area contributed by atoms with Crippen LogP contribution in [0.3, 0.4) is 0 Å². The Bertz CT molecular complexity index is 869. The minimum absolute atomic E-state index is 0.632. The molecule has 2 heterocycles. The Morgan fingerprint density at radius 1 is 1.04 bits per heavy atom. The third kappa shape index (κ3) is 3.89. The maximum absolute atomic E-state index is 5.79. The van der Waals surface area contributed by atoms with Crippen LogP contribution >= 0.6 is 12.2 Å². The Morgan fingerprint density at radius 3 is 2.44 bits per heavy atom. The number of piperazine rings is 1. The van der Waals surface area contributed by atoms with Crippen LogP contribution in [0.5, 0.6) is 0 Å². The third-order valence-corrected chi connectivity index (χ3v) is 6.45. The molecule has 5 rings (SSSR count). The van der Waals surface area contributed by atoms with Crippen LogP contribution in [-0.2, 0) is 13.2 Å². The lowest BCUT2D eigenvalue weighted by molar-refractivity contribution is 0.0979. The van der Waals surface area contributed by atoms with Crippen molar-refractivity contribution in [2.24, 2.45) is 0 Å². The van der Waals surface area contributed by atoms with Gasteiger partial charge in [-0.2, -0.15) is 5.10 Å². The molecule has 1 saturated heterocycles. The van der Waals surface area contributed by atoms with Crippen LogP contribution < -0.4 is 0 Å². The van der Waals surface area contributed by atoms with Gasteiger partial charge in [0.2, 0.25) is 0 Å². The molecule has 144 valence electrons. The van der Waals surface area contributed by atoms with Crippen molar-refractivity contribution >= 4 is 12.2 Å². The third-order valence-electron chi connectivity index (χ3n) is 6.04. The van der Waals surface area contributed by atoms with Crippen molar-refractivity contribution in [1.29, 1.82) is 0 Å². The molecular formula is C21H29N5S. The van der Waals surface area contributed by atoms with E-state index in [-0.39, 0.29) is 0 Å². The smallest absolute Gasteiger partial charge is 0.199 e. The van der Waals surface area contributed by atoms with E-state index in [0.717, 1.165) is 44.2 Å². The molecule has 0 radical (unpaired) electrons. The van der Waals surface area contributed by atoms with E-state index in [2.05, 4.69) is 50.2 Å². The Balaban J connectivity index is 1.21. The number of hydrogen-bond donors (Lipinski definition) is 0. The van der Waals surface area contributed by atoms with Crippen molar-refractivity contribution in [2.75, 3.05) is 26.2 Å². The summed E-state index contributed by atoms with van der Waals surface area (Å²) in [5.41, 5.74) is 2.76. The number of rotatable bonds is 6. The van der Waals surface area contributed by atoms with E-state index in [0.29, 0.717) is 12.0 Å². The lowest BCUT2D eigenvalue weighted by Crippen LogP contribution is -2.46. The molecule has 0 unspecified atom stereocenters. The first-order valence-corrected chi connectivity index (χ1v) is 10.8. The number of aromatic nitrogens is 3. The molecule has 2 aromatic rings. The zero-order chi connectivity index (χ0) is 18.4. The van der Waals surface area contributed by atoms with E-state index >= 15 is 0 Å². The van der Waals surface area contributed by atoms with Gasteiger partial charge in [0.1, 0.15) is 5.82 Å². The van der Waals surface area contributed by atoms with E-state index in [1.54, 1.807) is 0 Å². The molecule has 0 spiro atoms. The first-order valence-electron chi connectivity index (χ1n) is 10.4. The summed E-state index contributed by atoms with van der Waals surface area (Å²) in [5, 5.41) is 4.94. The van der Waals surface area contributed by atoms with Crippen molar-refractivity contribution in [1.82, 2.24) is 24.1 Å². The highest BCUT2D eigenvalue weighted by Crippen LogP contribution is 2.44. The fourth-order valence-corrected chi connectivity index (χ4v) is 4.51. The molecule has 0 N–H and O–H groups in total. The maximum Gasteiger partial charge on any atom is 0.199 e. The number of hydrogen-bond acceptors (Lipinski definition) is 4. The molecule has 0 amide bonds. The first-order chi connectivity index (χ1) is 13.2. The van der Waals surface area contributed by atoms with Gasteiger partial charge in [0.05, 0.1) is 6.67 Å². The fraction of sp³-hybridized carbons (Fsp3) is 0.619. The average Bonchev–Trinajstić information content (AvgIpc) is 3.56. The summed E-state index contributed by atoms with van der Waals surface area (Å²) < 4.78 is 5.42. The predicted octanol–water partition coefficient (Wildman–Crippen LogP) is 3.71. The van der Waals surface area contributed by atoms with Gasteiger partial charge < -0.3 is 4.57 Å². The standard InChI is InChI=1S/C21H29N5S/c1-16-3-2-4-17(13-16)14-23-9-11-24(12-10-23)15-25-21(27)26(19-7-8-19)20(22-25)18-5-6-18/h2-4,13,18-19H,5-12,14-15H2,1H3. The lowest BCUT2D eigenvalue weighted by Gasteiger charge is -2.34. The largest absolute Gasteiger partial charge is 0.301 e. The molecule has 1 aliphatic heterocycles. The summed E-state index contributed by atoms with van der Waals surface area (Å²) in [6.45, 7) is 8.46. The summed E-state index contributed by atoms with van der Waals surface area (Å²) in [4.78, 5) is 5.06. The van der Waals surface area contributed by atoms with Crippen molar-refractivity contribution in [3.05, 3.63) is 46.0 Å². The molecule has 5 nitrogen and oxygen atoms in total. The first kappa shape index (κ1) is 17.6. The summed E-state index contributed by atoms with van der Waals surface area (Å²) in [6.07, 6.45) is 5.13. The monoisotopic (exact) mass is 383 g/mol. The van der Waals surface area contributed by atoms with E-state index < -0.39 is 0 Å². The molecule has 1 aromatic carbocycles. The van der Waals surface area contributed by atoms with Crippen molar-refractivity contribution in [3.8, 4) is 0 Å². The van der Waals surface area contributed by atoms with Gasteiger partial charge in [0.25, 0.3) is 0 Å². The van der Waals surface area contributed by atoms with Gasteiger partial charge in [-0.15, -0.1) is 0 Å². The minimum atomic E-state index is 0.632. The summed E-state index contributed by atoms with van der Waals surface area (Å²) in [7, 11) is 0. The van der Waals surface area contributed by atoms with Gasteiger partial charge >= 0.3 is 0 Å². The maximum atomic E-state index is 5.79. The highest BCUT2D eigenvalue weighted by molar-refractivity contribution is 7.71. The summed E-state index contributed by atoms with van der Waals surface area (Å²) in [5.74, 6) is 1.93. The van der Waals surface area contributed by atoms with Gasteiger partial charge in [-0.1, -0.05) is 29.8 Å². The second kappa shape index (κ2) is 7.15. The zero-order valence-corrected chi connectivity index (χ0v) is 17.0. The van der Waals surface area contributed by atoms with Crippen molar-refractivity contribution < 1.29 is 0 Å². The van der Waals surface area contributed by atoms with Crippen LogP contribution in [0.15, 0.2) is 24.3 Å². The predicted molar refractivity (Wildman–Crippen MR) is 109 cm³/mol. The van der Waals surface area contributed by atoms with Crippen molar-refractivity contribution in [3.63, 3.8) is 0 Å². The molecule has 2 saturated carbocycles. The van der Waals surface area contributed by atoms with Gasteiger partial charge in [0.15, 0.2) is 4.77 Å². The molecule has 3 aliphatic rings. The molecule has 2 aliphatic carbocycles. The van der Waals surface area contributed by atoms with Crippen LogP contribution in [0.25, 0.3) is 0 Å². The van der Waals surface area contributed by atoms with E-state index in [1.807, 2.05) is 0 Å². The molecule has 27 heavy (non-hydrogen) atoms. The van der Waals surface area contributed by atoms with Gasteiger partial charge in [-0.05, 0) is 50.4 Å². The molecule has 1 aromatic heterocycles. The molecule has 6 heteroatoms. The Kier molecular flexibility index (Phi) is 4.66. The molecular weight excluding hydrogens is 354 g/mol. The normalized spacial score (nSPS) is 21.7. The topological polar surface area (TPSA) is 29.2 Å².